The Kier molecular flexibility index (Phi) is 9.25. The number of aliphatic hydroxyl groups is 1. The Hall–Kier alpha value is -1.84. The fraction of sp³-hybridized carbons (Fsp3) is 0.381. The van der Waals surface area contributed by atoms with Crippen molar-refractivity contribution in [2.24, 2.45) is 11.8 Å². The number of rotatable bonds is 6. The Labute approximate surface area is 155 Å². The fourth-order valence-electron chi connectivity index (χ4n) is 1.94. The van der Waals surface area contributed by atoms with E-state index >= 15 is 0 Å². The largest absolute Gasteiger partial charge is 0.489 e. The molecule has 0 aliphatic carbocycles. The molecule has 0 bridgehead atoms. The Morgan fingerprint density at radius 2 is 1.64 bits per heavy atom. The summed E-state index contributed by atoms with van der Waals surface area (Å²) in [6.45, 7) is 7.98. The van der Waals surface area contributed by atoms with Gasteiger partial charge in [-0.3, -0.25) is 4.79 Å². The fourth-order valence-corrected chi connectivity index (χ4v) is 2.07. The molecule has 2 unspecified atom stereocenters. The highest BCUT2D eigenvalue weighted by Gasteiger charge is 2.14. The molecule has 0 aliphatic heterocycles. The van der Waals surface area contributed by atoms with E-state index in [0.29, 0.717) is 6.61 Å². The average molecular weight is 363 g/mol. The smallest absolute Gasteiger partial charge is 0.132 e. The summed E-state index contributed by atoms with van der Waals surface area (Å²) in [6, 6.07) is 15.7. The molecule has 2 atom stereocenters. The van der Waals surface area contributed by atoms with Crippen molar-refractivity contribution in [1.82, 2.24) is 0 Å². The van der Waals surface area contributed by atoms with E-state index in [1.165, 1.54) is 5.56 Å². The molecular weight excluding hydrogens is 336 g/mol. The van der Waals surface area contributed by atoms with Gasteiger partial charge in [-0.2, -0.15) is 0 Å². The number of carbonyl (C=O) groups excluding carboxylic acids is 1. The van der Waals surface area contributed by atoms with Gasteiger partial charge in [0.2, 0.25) is 0 Å². The maximum Gasteiger partial charge on any atom is 0.132 e. The second-order valence-electron chi connectivity index (χ2n) is 6.29. The first kappa shape index (κ1) is 21.2. The van der Waals surface area contributed by atoms with Gasteiger partial charge >= 0.3 is 0 Å². The van der Waals surface area contributed by atoms with Crippen molar-refractivity contribution in [2.75, 3.05) is 6.61 Å². The van der Waals surface area contributed by atoms with Crippen LogP contribution in [-0.4, -0.2) is 17.5 Å². The molecule has 0 fully saturated rings. The molecule has 0 aromatic heterocycles. The minimum absolute atomic E-state index is 0.00463. The molecule has 136 valence electrons. The normalized spacial score (nSPS) is 12.6. The van der Waals surface area contributed by atoms with E-state index in [-0.39, 0.29) is 24.2 Å². The van der Waals surface area contributed by atoms with Crippen LogP contribution in [0.3, 0.4) is 0 Å². The lowest BCUT2D eigenvalue weighted by Gasteiger charge is -2.12. The van der Waals surface area contributed by atoms with E-state index in [1.807, 2.05) is 62.4 Å². The minimum atomic E-state index is -0.00463. The zero-order valence-corrected chi connectivity index (χ0v) is 16.1. The molecule has 0 aliphatic rings. The molecule has 4 heteroatoms. The summed E-state index contributed by atoms with van der Waals surface area (Å²) in [4.78, 5) is 10.6. The first-order valence-electron chi connectivity index (χ1n) is 8.38. The number of aliphatic hydroxyl groups excluding tert-OH is 1. The molecule has 1 N–H and O–H groups in total. The zero-order valence-electron chi connectivity index (χ0n) is 15.3. The van der Waals surface area contributed by atoms with Crippen LogP contribution in [0, 0.1) is 18.8 Å². The number of halogens is 1. The summed E-state index contributed by atoms with van der Waals surface area (Å²) in [6.07, 6.45) is 0. The number of carbonyl (C=O) groups is 1. The number of hydrogen-bond donors (Lipinski definition) is 1. The quantitative estimate of drug-likeness (QED) is 0.780. The topological polar surface area (TPSA) is 46.5 Å². The Morgan fingerprint density at radius 3 is 2.08 bits per heavy atom. The van der Waals surface area contributed by atoms with Gasteiger partial charge in [-0.1, -0.05) is 55.3 Å². The van der Waals surface area contributed by atoms with E-state index in [2.05, 4.69) is 6.92 Å². The maximum atomic E-state index is 10.6. The van der Waals surface area contributed by atoms with Crippen LogP contribution in [0.25, 0.3) is 0 Å². The molecule has 0 radical (unpaired) electrons. The monoisotopic (exact) mass is 362 g/mol. The van der Waals surface area contributed by atoms with E-state index in [0.717, 1.165) is 16.3 Å². The first-order valence-corrected chi connectivity index (χ1v) is 8.76. The predicted molar refractivity (Wildman–Crippen MR) is 103 cm³/mol. The molecule has 3 nitrogen and oxygen atoms in total. The number of ether oxygens (including phenoxy) is 1. The molecular formula is C21H27ClO3. The van der Waals surface area contributed by atoms with Crippen LogP contribution < -0.4 is 4.74 Å². The SMILES string of the molecule is CC(=O)C(C)C(C)CO.Cc1ccc(OCc2ccc(Cl)cc2)cc1. The average Bonchev–Trinajstić information content (AvgIpc) is 2.61. The summed E-state index contributed by atoms with van der Waals surface area (Å²) < 4.78 is 5.64. The summed E-state index contributed by atoms with van der Waals surface area (Å²) in [5.41, 5.74) is 2.35. The Balaban J connectivity index is 0.000000299. The van der Waals surface area contributed by atoms with Crippen LogP contribution >= 0.6 is 11.6 Å². The lowest BCUT2D eigenvalue weighted by molar-refractivity contribution is -0.122. The summed E-state index contributed by atoms with van der Waals surface area (Å²) in [7, 11) is 0. The molecule has 0 saturated carbocycles. The number of Topliss-reactive ketones (excluding diaryl/α,β-unsaturated/α-hetero) is 1. The van der Waals surface area contributed by atoms with Gasteiger partial charge in [0, 0.05) is 17.5 Å². The van der Waals surface area contributed by atoms with Crippen molar-refractivity contribution in [2.45, 2.75) is 34.3 Å². The van der Waals surface area contributed by atoms with E-state index in [1.54, 1.807) is 6.92 Å². The third-order valence-corrected chi connectivity index (χ3v) is 4.37. The van der Waals surface area contributed by atoms with Gasteiger partial charge in [0.25, 0.3) is 0 Å². The molecule has 0 heterocycles. The van der Waals surface area contributed by atoms with Crippen LogP contribution in [-0.2, 0) is 11.4 Å². The maximum absolute atomic E-state index is 10.6. The second-order valence-corrected chi connectivity index (χ2v) is 6.72. The number of ketones is 1. The lowest BCUT2D eigenvalue weighted by Crippen LogP contribution is -2.18. The van der Waals surface area contributed by atoms with Crippen molar-refractivity contribution in [3.05, 3.63) is 64.7 Å². The zero-order chi connectivity index (χ0) is 18.8. The highest BCUT2D eigenvalue weighted by Crippen LogP contribution is 2.15. The number of benzene rings is 2. The van der Waals surface area contributed by atoms with Crippen LogP contribution in [0.15, 0.2) is 48.5 Å². The van der Waals surface area contributed by atoms with Gasteiger partial charge in [-0.25, -0.2) is 0 Å². The third kappa shape index (κ3) is 8.19. The number of aryl methyl sites for hydroxylation is 1. The van der Waals surface area contributed by atoms with E-state index < -0.39 is 0 Å². The third-order valence-electron chi connectivity index (χ3n) is 4.12. The van der Waals surface area contributed by atoms with Crippen molar-refractivity contribution >= 4 is 17.4 Å². The van der Waals surface area contributed by atoms with Gasteiger partial charge in [0.1, 0.15) is 18.1 Å². The summed E-state index contributed by atoms with van der Waals surface area (Å²) >= 11 is 5.81. The van der Waals surface area contributed by atoms with E-state index in [4.69, 9.17) is 21.4 Å². The van der Waals surface area contributed by atoms with Crippen LogP contribution in [0.1, 0.15) is 31.9 Å². The van der Waals surface area contributed by atoms with Crippen LogP contribution in [0.2, 0.25) is 5.02 Å². The molecule has 2 aromatic carbocycles. The second kappa shape index (κ2) is 10.9. The van der Waals surface area contributed by atoms with Crippen molar-refractivity contribution in [1.29, 1.82) is 0 Å². The van der Waals surface area contributed by atoms with Crippen molar-refractivity contribution in [3.63, 3.8) is 0 Å². The lowest BCUT2D eigenvalue weighted by atomic mass is 9.94. The molecule has 0 spiro atoms. The number of hydrogen-bond acceptors (Lipinski definition) is 3. The van der Waals surface area contributed by atoms with Gasteiger partial charge in [0.15, 0.2) is 0 Å². The molecule has 25 heavy (non-hydrogen) atoms. The highest BCUT2D eigenvalue weighted by molar-refractivity contribution is 6.30. The van der Waals surface area contributed by atoms with Crippen molar-refractivity contribution < 1.29 is 14.6 Å². The standard InChI is InChI=1S/C14H13ClO.C7H14O2/c1-11-2-8-14(9-3-11)16-10-12-4-6-13(15)7-5-12;1-5(4-8)6(2)7(3)9/h2-9H,10H2,1H3;5-6,8H,4H2,1-3H3. The Morgan fingerprint density at radius 1 is 1.08 bits per heavy atom. The Bertz CT molecular complexity index is 590. The minimum Gasteiger partial charge on any atom is -0.489 e. The summed E-state index contributed by atoms with van der Waals surface area (Å²) in [5.74, 6) is 1.13. The van der Waals surface area contributed by atoms with Gasteiger partial charge in [-0.05, 0) is 49.6 Å². The molecule has 0 saturated heterocycles. The van der Waals surface area contributed by atoms with Crippen LogP contribution in [0.5, 0.6) is 5.75 Å². The van der Waals surface area contributed by atoms with Crippen LogP contribution in [0.4, 0.5) is 0 Å². The molecule has 0 amide bonds. The van der Waals surface area contributed by atoms with E-state index in [9.17, 15) is 4.79 Å². The first-order chi connectivity index (χ1) is 11.8. The molecule has 2 rings (SSSR count). The highest BCUT2D eigenvalue weighted by atomic mass is 35.5. The van der Waals surface area contributed by atoms with Crippen molar-refractivity contribution in [3.8, 4) is 5.75 Å². The van der Waals surface area contributed by atoms with Gasteiger partial charge in [-0.15, -0.1) is 0 Å². The van der Waals surface area contributed by atoms with Gasteiger partial charge < -0.3 is 9.84 Å². The predicted octanol–water partition coefficient (Wildman–Crippen LogP) is 5.07. The summed E-state index contributed by atoms with van der Waals surface area (Å²) in [5, 5.41) is 9.35. The van der Waals surface area contributed by atoms with Gasteiger partial charge in [0.05, 0.1) is 0 Å². The molecule has 2 aromatic rings.